The molecule has 0 saturated carbocycles. The molecule has 0 saturated heterocycles. The normalized spacial score (nSPS) is 13.1. The number of imidazole rings is 1. The van der Waals surface area contributed by atoms with E-state index in [1.54, 1.807) is 0 Å². The standard InChI is InChI=1S/C35H23N2S.C19H26NSi.Ir/c1-21-14-16-27-32(18-21)38-34-28(17-15-22(2)33(27)34)35-36-29-19-24-9-3-4-10-25(24)20-31(29)37(35)30-13-7-11-23-8-5-6-12-26(23)30;1-14(2)15(3)17-12-18(16-10-8-7-9-11-16)20-13-19(17)21(4,5)6;/h3-16,18-20H,1-2H3;7-10,12-15H,1-6H3;/q2*-1;/i;15D;. The molecule has 10 aromatic rings. The van der Waals surface area contributed by atoms with Crippen LogP contribution in [0.3, 0.4) is 0 Å². The van der Waals surface area contributed by atoms with Gasteiger partial charge in [-0.05, 0) is 85.7 Å². The van der Waals surface area contributed by atoms with E-state index in [1.165, 1.54) is 58.0 Å². The minimum absolute atomic E-state index is 0. The van der Waals surface area contributed by atoms with Gasteiger partial charge in [0, 0.05) is 43.4 Å². The molecule has 1 radical (unpaired) electrons. The van der Waals surface area contributed by atoms with Crippen LogP contribution in [0.5, 0.6) is 0 Å². The molecule has 0 bridgehead atoms. The van der Waals surface area contributed by atoms with Crippen molar-refractivity contribution in [1.29, 1.82) is 0 Å². The van der Waals surface area contributed by atoms with Crippen molar-refractivity contribution in [3.05, 3.63) is 168 Å². The van der Waals surface area contributed by atoms with Gasteiger partial charge < -0.3 is 9.55 Å². The van der Waals surface area contributed by atoms with Crippen molar-refractivity contribution in [3.63, 3.8) is 0 Å². The maximum atomic E-state index is 8.89. The van der Waals surface area contributed by atoms with Gasteiger partial charge in [0.25, 0.3) is 0 Å². The Morgan fingerprint density at radius 3 is 2.20 bits per heavy atom. The summed E-state index contributed by atoms with van der Waals surface area (Å²) in [5.41, 5.74) is 9.85. The van der Waals surface area contributed by atoms with Gasteiger partial charge in [0.2, 0.25) is 0 Å². The van der Waals surface area contributed by atoms with Crippen molar-refractivity contribution < 1.29 is 21.5 Å². The number of aromatic nitrogens is 3. The quantitative estimate of drug-likeness (QED) is 0.123. The average molecular weight is 993 g/mol. The smallest absolute Gasteiger partial charge is 0.0799 e. The second-order valence-electron chi connectivity index (χ2n) is 17.1. The Morgan fingerprint density at radius 1 is 0.750 bits per heavy atom. The maximum absolute atomic E-state index is 8.89. The third kappa shape index (κ3) is 7.67. The molecule has 0 fully saturated rings. The molecule has 10 rings (SSSR count). The molecular formula is C54H49IrN3SSi-2. The van der Waals surface area contributed by atoms with E-state index in [1.807, 2.05) is 48.7 Å². The van der Waals surface area contributed by atoms with Crippen LogP contribution in [-0.4, -0.2) is 22.6 Å². The van der Waals surface area contributed by atoms with Crippen LogP contribution < -0.4 is 5.19 Å². The third-order valence-corrected chi connectivity index (χ3v) is 14.8. The van der Waals surface area contributed by atoms with Crippen LogP contribution in [0.2, 0.25) is 19.6 Å². The van der Waals surface area contributed by atoms with E-state index in [4.69, 9.17) is 6.35 Å². The SMILES string of the molecule is Cc1ccc2c(c1)sc1c(-c3nc4cc5ccccc5cc4n3-c3cccc4ccccc34)[c-]cc(C)c12.[2H]C(C)(c1cc(-c2[c-]cccc2)ncc1[Si](C)(C)C)C(C)C.[Ir]. The number of pyridine rings is 1. The third-order valence-electron chi connectivity index (χ3n) is 11.6. The van der Waals surface area contributed by atoms with Crippen molar-refractivity contribution in [2.45, 2.75) is 60.2 Å². The summed E-state index contributed by atoms with van der Waals surface area (Å²) in [6, 6.07) is 54.0. The van der Waals surface area contributed by atoms with Crippen molar-refractivity contribution in [3.8, 4) is 28.3 Å². The molecule has 0 aliphatic carbocycles. The van der Waals surface area contributed by atoms with E-state index >= 15 is 0 Å². The number of fused-ring (bicyclic) bond motifs is 6. The maximum Gasteiger partial charge on any atom is 0.0799 e. The molecule has 3 nitrogen and oxygen atoms in total. The molecule has 0 aliphatic heterocycles. The summed E-state index contributed by atoms with van der Waals surface area (Å²) < 4.78 is 13.8. The number of hydrogen-bond acceptors (Lipinski definition) is 3. The van der Waals surface area contributed by atoms with Gasteiger partial charge in [-0.2, -0.15) is 11.3 Å². The molecule has 0 spiro atoms. The van der Waals surface area contributed by atoms with Crippen molar-refractivity contribution in [1.82, 2.24) is 14.5 Å². The number of rotatable bonds is 6. The number of hydrogen-bond donors (Lipinski definition) is 0. The molecule has 3 aromatic heterocycles. The zero-order valence-corrected chi connectivity index (χ0v) is 39.7. The van der Waals surface area contributed by atoms with Crippen LogP contribution in [-0.2, 0) is 20.1 Å². The molecule has 0 amide bonds. The molecule has 3 heterocycles. The fraction of sp³-hybridized carbons (Fsp3) is 0.185. The van der Waals surface area contributed by atoms with E-state index in [0.717, 1.165) is 44.9 Å². The summed E-state index contributed by atoms with van der Waals surface area (Å²) in [7, 11) is -1.55. The van der Waals surface area contributed by atoms with Crippen molar-refractivity contribution >= 4 is 77.3 Å². The predicted octanol–water partition coefficient (Wildman–Crippen LogP) is 14.6. The molecule has 301 valence electrons. The van der Waals surface area contributed by atoms with Crippen LogP contribution in [0, 0.1) is 31.9 Å². The molecule has 1 unspecified atom stereocenters. The first-order valence-corrected chi connectivity index (χ1v) is 24.8. The second-order valence-corrected chi connectivity index (χ2v) is 23.2. The van der Waals surface area contributed by atoms with E-state index in [9.17, 15) is 0 Å². The zero-order valence-electron chi connectivity index (χ0n) is 36.4. The Bertz CT molecular complexity index is 3230. The van der Waals surface area contributed by atoms with E-state index in [0.29, 0.717) is 0 Å². The molecule has 0 N–H and O–H groups in total. The van der Waals surface area contributed by atoms with E-state index < -0.39 is 14.0 Å². The van der Waals surface area contributed by atoms with Gasteiger partial charge in [-0.15, -0.1) is 53.6 Å². The molecule has 0 aliphatic rings. The first-order chi connectivity index (χ1) is 28.8. The largest absolute Gasteiger partial charge is 0.333 e. The Kier molecular flexibility index (Phi) is 11.2. The first-order valence-electron chi connectivity index (χ1n) is 21.0. The summed E-state index contributed by atoms with van der Waals surface area (Å²) >= 11 is 1.85. The van der Waals surface area contributed by atoms with Crippen molar-refractivity contribution in [2.75, 3.05) is 0 Å². The number of aryl methyl sites for hydroxylation is 2. The zero-order chi connectivity index (χ0) is 41.9. The fourth-order valence-electron chi connectivity index (χ4n) is 8.22. The van der Waals surface area contributed by atoms with Crippen molar-refractivity contribution in [2.24, 2.45) is 5.92 Å². The predicted molar refractivity (Wildman–Crippen MR) is 257 cm³/mol. The van der Waals surface area contributed by atoms with Crippen LogP contribution in [0.25, 0.3) is 81.1 Å². The summed E-state index contributed by atoms with van der Waals surface area (Å²) in [5, 5.41) is 8.74. The summed E-state index contributed by atoms with van der Waals surface area (Å²) in [6.45, 7) is 17.6. The minimum atomic E-state index is -1.55. The molecular weight excluding hydrogens is 943 g/mol. The van der Waals surface area contributed by atoms with Crippen LogP contribution in [0.4, 0.5) is 0 Å². The van der Waals surface area contributed by atoms with Gasteiger partial charge >= 0.3 is 0 Å². The Morgan fingerprint density at radius 2 is 1.47 bits per heavy atom. The van der Waals surface area contributed by atoms with Gasteiger partial charge in [0.05, 0.1) is 24.9 Å². The number of thiophene rings is 1. The van der Waals surface area contributed by atoms with Gasteiger partial charge in [0.1, 0.15) is 0 Å². The fourth-order valence-corrected chi connectivity index (χ4v) is 11.1. The molecule has 7 aromatic carbocycles. The minimum Gasteiger partial charge on any atom is -0.333 e. The van der Waals surface area contributed by atoms with Crippen LogP contribution in [0.15, 0.2) is 140 Å². The summed E-state index contributed by atoms with van der Waals surface area (Å²) in [5.74, 6) is 0.569. The molecule has 6 heteroatoms. The number of benzene rings is 7. The van der Waals surface area contributed by atoms with Gasteiger partial charge in [-0.3, -0.25) is 4.98 Å². The summed E-state index contributed by atoms with van der Waals surface area (Å²) in [6.07, 6.45) is 2.01. The molecule has 1 atom stereocenters. The second kappa shape index (κ2) is 16.7. The van der Waals surface area contributed by atoms with Gasteiger partial charge in [0.15, 0.2) is 0 Å². The first kappa shape index (κ1) is 40.2. The van der Waals surface area contributed by atoms with Gasteiger partial charge in [-0.25, -0.2) is 0 Å². The Labute approximate surface area is 373 Å². The van der Waals surface area contributed by atoms with Crippen LogP contribution in [0.1, 0.15) is 44.7 Å². The Balaban J connectivity index is 0.000000192. The topological polar surface area (TPSA) is 30.7 Å². The van der Waals surface area contributed by atoms with Gasteiger partial charge in [-0.1, -0.05) is 143 Å². The Hall–Kier alpha value is -5.23. The van der Waals surface area contributed by atoms with E-state index in [-0.39, 0.29) is 26.0 Å². The van der Waals surface area contributed by atoms with Crippen LogP contribution >= 0.6 is 11.3 Å². The molecule has 60 heavy (non-hydrogen) atoms. The van der Waals surface area contributed by atoms with E-state index in [2.05, 4.69) is 178 Å². The monoisotopic (exact) mass is 993 g/mol. The average Bonchev–Trinajstić information content (AvgIpc) is 3.81. The summed E-state index contributed by atoms with van der Waals surface area (Å²) in [4.78, 5) is 9.99. The number of nitrogens with zero attached hydrogens (tertiary/aromatic N) is 3.